The van der Waals surface area contributed by atoms with Gasteiger partial charge in [0.15, 0.2) is 0 Å². The topological polar surface area (TPSA) is 70.8 Å². The monoisotopic (exact) mass is 298 g/mol. The maximum absolute atomic E-state index is 12.1. The summed E-state index contributed by atoms with van der Waals surface area (Å²) in [6.07, 6.45) is 1.99. The summed E-state index contributed by atoms with van der Waals surface area (Å²) in [5, 5.41) is 3.08. The van der Waals surface area contributed by atoms with Crippen LogP contribution in [-0.2, 0) is 9.53 Å². The summed E-state index contributed by atoms with van der Waals surface area (Å²) in [6, 6.07) is 0.310. The highest BCUT2D eigenvalue weighted by Gasteiger charge is 2.28. The van der Waals surface area contributed by atoms with Crippen molar-refractivity contribution in [2.75, 3.05) is 52.5 Å². The van der Waals surface area contributed by atoms with Crippen molar-refractivity contribution in [1.29, 1.82) is 0 Å². The first-order valence-electron chi connectivity index (χ1n) is 8.05. The number of carbonyl (C=O) groups is 1. The second-order valence-electron chi connectivity index (χ2n) is 6.80. The van der Waals surface area contributed by atoms with Crippen LogP contribution in [0.15, 0.2) is 0 Å². The number of nitrogens with zero attached hydrogens (tertiary/aromatic N) is 2. The Morgan fingerprint density at radius 1 is 1.24 bits per heavy atom. The Hall–Kier alpha value is -0.690. The Labute approximate surface area is 128 Å². The Balaban J connectivity index is 1.70. The van der Waals surface area contributed by atoms with Crippen molar-refractivity contribution in [3.8, 4) is 0 Å². The summed E-state index contributed by atoms with van der Waals surface area (Å²) in [5.74, 6) is 0.117. The standard InChI is InChI=1S/C15H30N4O2/c1-15(2,19-7-9-21-10-8-19)12-17-14(20)11-18-5-3-13(16)4-6-18/h13H,3-12,16H2,1-2H3,(H,17,20). The molecule has 2 aliphatic rings. The molecule has 0 unspecified atom stereocenters. The molecule has 0 saturated carbocycles. The third-order valence-electron chi connectivity index (χ3n) is 4.58. The first kappa shape index (κ1) is 16.7. The van der Waals surface area contributed by atoms with Crippen molar-refractivity contribution in [2.45, 2.75) is 38.3 Å². The van der Waals surface area contributed by atoms with Gasteiger partial charge < -0.3 is 15.8 Å². The number of piperidine rings is 1. The molecule has 2 heterocycles. The Morgan fingerprint density at radius 2 is 1.86 bits per heavy atom. The zero-order chi connectivity index (χ0) is 15.3. The first-order chi connectivity index (χ1) is 9.97. The van der Waals surface area contributed by atoms with Gasteiger partial charge in [-0.1, -0.05) is 0 Å². The van der Waals surface area contributed by atoms with Crippen molar-refractivity contribution < 1.29 is 9.53 Å². The van der Waals surface area contributed by atoms with E-state index >= 15 is 0 Å². The van der Waals surface area contributed by atoms with Gasteiger partial charge in [0.1, 0.15) is 0 Å². The summed E-state index contributed by atoms with van der Waals surface area (Å²) in [7, 11) is 0. The molecular weight excluding hydrogens is 268 g/mol. The molecule has 0 aromatic heterocycles. The number of ether oxygens (including phenoxy) is 1. The number of rotatable bonds is 5. The van der Waals surface area contributed by atoms with Crippen molar-refractivity contribution >= 4 is 5.91 Å². The molecule has 0 atom stereocenters. The number of amides is 1. The molecule has 3 N–H and O–H groups in total. The fourth-order valence-corrected chi connectivity index (χ4v) is 2.97. The number of carbonyl (C=O) groups excluding carboxylic acids is 1. The van der Waals surface area contributed by atoms with Gasteiger partial charge in [-0.2, -0.15) is 0 Å². The van der Waals surface area contributed by atoms with Crippen LogP contribution >= 0.6 is 0 Å². The van der Waals surface area contributed by atoms with E-state index < -0.39 is 0 Å². The van der Waals surface area contributed by atoms with Crippen LogP contribution in [0.2, 0.25) is 0 Å². The second kappa shape index (κ2) is 7.54. The molecular formula is C15H30N4O2. The molecule has 2 saturated heterocycles. The number of nitrogens with one attached hydrogen (secondary N) is 1. The van der Waals surface area contributed by atoms with Crippen LogP contribution in [0.3, 0.4) is 0 Å². The minimum atomic E-state index is -0.0241. The molecule has 0 radical (unpaired) electrons. The molecule has 0 spiro atoms. The average Bonchev–Trinajstić information content (AvgIpc) is 2.49. The molecule has 1 amide bonds. The van der Waals surface area contributed by atoms with Crippen LogP contribution in [0.1, 0.15) is 26.7 Å². The molecule has 6 nitrogen and oxygen atoms in total. The van der Waals surface area contributed by atoms with Crippen LogP contribution in [0.4, 0.5) is 0 Å². The van der Waals surface area contributed by atoms with Crippen molar-refractivity contribution in [3.63, 3.8) is 0 Å². The lowest BCUT2D eigenvalue weighted by molar-refractivity contribution is -0.123. The van der Waals surface area contributed by atoms with E-state index in [0.717, 1.165) is 52.2 Å². The highest BCUT2D eigenvalue weighted by Crippen LogP contribution is 2.15. The quantitative estimate of drug-likeness (QED) is 0.725. The fourth-order valence-electron chi connectivity index (χ4n) is 2.97. The van der Waals surface area contributed by atoms with Crippen LogP contribution in [0.5, 0.6) is 0 Å². The van der Waals surface area contributed by atoms with Gasteiger partial charge in [0.2, 0.25) is 5.91 Å². The average molecular weight is 298 g/mol. The molecule has 0 aromatic carbocycles. The number of likely N-dealkylation sites (tertiary alicyclic amines) is 1. The minimum Gasteiger partial charge on any atom is -0.379 e. The predicted octanol–water partition coefficient (Wildman–Crippen LogP) is -0.363. The zero-order valence-electron chi connectivity index (χ0n) is 13.4. The lowest BCUT2D eigenvalue weighted by Gasteiger charge is -2.41. The van der Waals surface area contributed by atoms with E-state index in [0.29, 0.717) is 19.1 Å². The van der Waals surface area contributed by atoms with Gasteiger partial charge in [0.05, 0.1) is 19.8 Å². The lowest BCUT2D eigenvalue weighted by atomic mass is 10.0. The van der Waals surface area contributed by atoms with E-state index in [1.165, 1.54) is 0 Å². The summed E-state index contributed by atoms with van der Waals surface area (Å²) >= 11 is 0. The van der Waals surface area contributed by atoms with E-state index in [1.807, 2.05) is 0 Å². The summed E-state index contributed by atoms with van der Waals surface area (Å²) in [4.78, 5) is 16.7. The number of hydrogen-bond acceptors (Lipinski definition) is 5. The van der Waals surface area contributed by atoms with Crippen molar-refractivity contribution in [2.24, 2.45) is 5.73 Å². The van der Waals surface area contributed by atoms with Gasteiger partial charge in [-0.25, -0.2) is 0 Å². The highest BCUT2D eigenvalue weighted by atomic mass is 16.5. The molecule has 2 rings (SSSR count). The molecule has 122 valence electrons. The van der Waals surface area contributed by atoms with Crippen LogP contribution in [0.25, 0.3) is 0 Å². The van der Waals surface area contributed by atoms with Gasteiger partial charge in [0, 0.05) is 44.3 Å². The fraction of sp³-hybridized carbons (Fsp3) is 0.933. The Kier molecular flexibility index (Phi) is 5.98. The third-order valence-corrected chi connectivity index (χ3v) is 4.58. The smallest absolute Gasteiger partial charge is 0.234 e. The minimum absolute atomic E-state index is 0.0241. The van der Waals surface area contributed by atoms with Crippen LogP contribution in [0, 0.1) is 0 Å². The summed E-state index contributed by atoms with van der Waals surface area (Å²) in [6.45, 7) is 10.8. The maximum atomic E-state index is 12.1. The highest BCUT2D eigenvalue weighted by molar-refractivity contribution is 5.78. The molecule has 0 aliphatic carbocycles. The van der Waals surface area contributed by atoms with Crippen LogP contribution in [-0.4, -0.2) is 79.8 Å². The Morgan fingerprint density at radius 3 is 2.48 bits per heavy atom. The van der Waals surface area contributed by atoms with E-state index in [4.69, 9.17) is 10.5 Å². The summed E-state index contributed by atoms with van der Waals surface area (Å²) < 4.78 is 5.38. The van der Waals surface area contributed by atoms with Gasteiger partial charge in [-0.05, 0) is 26.7 Å². The molecule has 0 bridgehead atoms. The molecule has 21 heavy (non-hydrogen) atoms. The largest absolute Gasteiger partial charge is 0.379 e. The molecule has 0 aromatic rings. The van der Waals surface area contributed by atoms with E-state index in [2.05, 4.69) is 29.0 Å². The van der Waals surface area contributed by atoms with Gasteiger partial charge in [-0.15, -0.1) is 0 Å². The van der Waals surface area contributed by atoms with Gasteiger partial charge >= 0.3 is 0 Å². The van der Waals surface area contributed by atoms with Gasteiger partial charge in [-0.3, -0.25) is 14.6 Å². The zero-order valence-corrected chi connectivity index (χ0v) is 13.4. The molecule has 2 fully saturated rings. The number of morpholine rings is 1. The third kappa shape index (κ3) is 5.21. The molecule has 2 aliphatic heterocycles. The number of hydrogen-bond donors (Lipinski definition) is 2. The SMILES string of the molecule is CC(C)(CNC(=O)CN1CCC(N)CC1)N1CCOCC1. The Bertz CT molecular complexity index is 335. The van der Waals surface area contributed by atoms with E-state index in [1.54, 1.807) is 0 Å². The normalized spacial score (nSPS) is 23.2. The second-order valence-corrected chi connectivity index (χ2v) is 6.80. The summed E-state index contributed by atoms with van der Waals surface area (Å²) in [5.41, 5.74) is 5.86. The molecule has 6 heteroatoms. The first-order valence-corrected chi connectivity index (χ1v) is 8.05. The van der Waals surface area contributed by atoms with Gasteiger partial charge in [0.25, 0.3) is 0 Å². The number of nitrogens with two attached hydrogens (primary N) is 1. The van der Waals surface area contributed by atoms with E-state index in [-0.39, 0.29) is 11.4 Å². The maximum Gasteiger partial charge on any atom is 0.234 e. The van der Waals surface area contributed by atoms with Crippen molar-refractivity contribution in [3.05, 3.63) is 0 Å². The predicted molar refractivity (Wildman–Crippen MR) is 83.1 cm³/mol. The van der Waals surface area contributed by atoms with Crippen molar-refractivity contribution in [1.82, 2.24) is 15.1 Å². The van der Waals surface area contributed by atoms with Crippen LogP contribution < -0.4 is 11.1 Å². The van der Waals surface area contributed by atoms with E-state index in [9.17, 15) is 4.79 Å². The lowest BCUT2D eigenvalue weighted by Crippen LogP contribution is -2.56.